The molecule has 160 valence electrons. The van der Waals surface area contributed by atoms with Crippen LogP contribution in [0.25, 0.3) is 11.3 Å². The van der Waals surface area contributed by atoms with Crippen LogP contribution in [0.4, 0.5) is 0 Å². The van der Waals surface area contributed by atoms with Crippen molar-refractivity contribution in [3.8, 4) is 17.0 Å². The van der Waals surface area contributed by atoms with Crippen LogP contribution in [-0.4, -0.2) is 41.0 Å². The largest absolute Gasteiger partial charge is 0.497 e. The summed E-state index contributed by atoms with van der Waals surface area (Å²) in [5.41, 5.74) is 5.63. The Morgan fingerprint density at radius 1 is 1.10 bits per heavy atom. The number of benzene rings is 2. The minimum atomic E-state index is -0.826. The number of amides is 2. The summed E-state index contributed by atoms with van der Waals surface area (Å²) < 4.78 is 7.03. The van der Waals surface area contributed by atoms with E-state index in [4.69, 9.17) is 9.84 Å². The van der Waals surface area contributed by atoms with E-state index in [1.54, 1.807) is 21.0 Å². The van der Waals surface area contributed by atoms with Crippen molar-refractivity contribution in [1.29, 1.82) is 0 Å². The zero-order valence-corrected chi connectivity index (χ0v) is 17.7. The summed E-state index contributed by atoms with van der Waals surface area (Å²) in [5.74, 6) is -0.818. The van der Waals surface area contributed by atoms with E-state index in [0.29, 0.717) is 17.8 Å². The molecule has 0 radical (unpaired) electrons. The van der Waals surface area contributed by atoms with E-state index in [1.165, 1.54) is 6.21 Å². The normalized spacial score (nSPS) is 11.0. The second kappa shape index (κ2) is 10.2. The third-order valence-corrected chi connectivity index (χ3v) is 4.34. The van der Waals surface area contributed by atoms with E-state index in [1.807, 2.05) is 65.5 Å². The average Bonchev–Trinajstić information content (AvgIpc) is 3.16. The summed E-state index contributed by atoms with van der Waals surface area (Å²) in [6.07, 6.45) is 3.32. The molecule has 0 aliphatic heterocycles. The molecule has 8 heteroatoms. The molecular formula is C23H25N5O3. The molecular weight excluding hydrogens is 394 g/mol. The first-order valence-corrected chi connectivity index (χ1v) is 9.86. The molecule has 31 heavy (non-hydrogen) atoms. The van der Waals surface area contributed by atoms with Gasteiger partial charge in [-0.1, -0.05) is 30.3 Å². The highest BCUT2D eigenvalue weighted by Crippen LogP contribution is 2.24. The minimum absolute atomic E-state index is 0.139. The van der Waals surface area contributed by atoms with Gasteiger partial charge in [0.2, 0.25) is 0 Å². The van der Waals surface area contributed by atoms with Crippen LogP contribution in [-0.2, 0) is 16.1 Å². The maximum Gasteiger partial charge on any atom is 0.329 e. The molecule has 1 heterocycles. The van der Waals surface area contributed by atoms with Gasteiger partial charge < -0.3 is 10.1 Å². The Bertz CT molecular complexity index is 1060. The summed E-state index contributed by atoms with van der Waals surface area (Å²) in [6.45, 7) is 4.13. The molecule has 0 saturated heterocycles. The number of hydrazone groups is 1. The number of nitrogens with one attached hydrogen (secondary N) is 2. The number of nitrogens with zero attached hydrogens (tertiary/aromatic N) is 3. The fourth-order valence-corrected chi connectivity index (χ4v) is 2.89. The monoisotopic (exact) mass is 419 g/mol. The number of carbonyl (C=O) groups is 2. The van der Waals surface area contributed by atoms with Gasteiger partial charge in [0, 0.05) is 23.4 Å². The van der Waals surface area contributed by atoms with Gasteiger partial charge in [-0.05, 0) is 43.7 Å². The zero-order chi connectivity index (χ0) is 22.2. The number of methoxy groups -OCH3 is 1. The quantitative estimate of drug-likeness (QED) is 0.349. The first kappa shape index (κ1) is 21.8. The van der Waals surface area contributed by atoms with E-state index < -0.39 is 11.8 Å². The van der Waals surface area contributed by atoms with Crippen LogP contribution in [0.3, 0.4) is 0 Å². The van der Waals surface area contributed by atoms with Crippen LogP contribution in [0, 0.1) is 0 Å². The van der Waals surface area contributed by atoms with Crippen LogP contribution in [0.5, 0.6) is 5.75 Å². The van der Waals surface area contributed by atoms with Gasteiger partial charge >= 0.3 is 11.8 Å². The first-order valence-electron chi connectivity index (χ1n) is 9.86. The predicted octanol–water partition coefficient (Wildman–Crippen LogP) is 2.58. The Hall–Kier alpha value is -3.94. The smallest absolute Gasteiger partial charge is 0.329 e. The average molecular weight is 419 g/mol. The summed E-state index contributed by atoms with van der Waals surface area (Å²) in [4.78, 5) is 23.6. The Labute approximate surface area is 180 Å². The summed E-state index contributed by atoms with van der Waals surface area (Å²) in [7, 11) is 1.61. The third kappa shape index (κ3) is 6.02. The third-order valence-electron chi connectivity index (χ3n) is 4.34. The van der Waals surface area contributed by atoms with Gasteiger partial charge in [0.15, 0.2) is 0 Å². The molecule has 0 bridgehead atoms. The van der Waals surface area contributed by atoms with E-state index >= 15 is 0 Å². The minimum Gasteiger partial charge on any atom is -0.497 e. The molecule has 0 atom stereocenters. The molecule has 0 aliphatic carbocycles. The van der Waals surface area contributed by atoms with Crippen molar-refractivity contribution in [2.24, 2.45) is 5.10 Å². The molecule has 0 fully saturated rings. The van der Waals surface area contributed by atoms with Crippen LogP contribution in [0.1, 0.15) is 25.0 Å². The van der Waals surface area contributed by atoms with Crippen molar-refractivity contribution in [2.45, 2.75) is 26.4 Å². The van der Waals surface area contributed by atoms with Crippen molar-refractivity contribution in [3.63, 3.8) is 0 Å². The Morgan fingerprint density at radius 3 is 2.45 bits per heavy atom. The molecule has 0 saturated carbocycles. The molecule has 2 aromatic carbocycles. The van der Waals surface area contributed by atoms with Gasteiger partial charge in [-0.25, -0.2) is 5.43 Å². The van der Waals surface area contributed by atoms with Gasteiger partial charge in [-0.15, -0.1) is 0 Å². The van der Waals surface area contributed by atoms with Crippen LogP contribution < -0.4 is 15.5 Å². The standard InChI is InChI=1S/C23H25N5O3/c1-16(2)25-22(29)23(30)26-24-13-19-15-28(14-17-7-5-4-6-8-17)27-21(19)18-9-11-20(31-3)12-10-18/h4-13,15-16H,14H2,1-3H3,(H,25,29)(H,26,30)/b24-13-. The predicted molar refractivity (Wildman–Crippen MR) is 119 cm³/mol. The molecule has 2 amide bonds. The van der Waals surface area contributed by atoms with Crippen molar-refractivity contribution in [2.75, 3.05) is 7.11 Å². The number of hydrogen-bond acceptors (Lipinski definition) is 5. The number of ether oxygens (including phenoxy) is 1. The number of carbonyl (C=O) groups excluding carboxylic acids is 2. The lowest BCUT2D eigenvalue weighted by atomic mass is 10.1. The van der Waals surface area contributed by atoms with E-state index in [9.17, 15) is 9.59 Å². The molecule has 0 aliphatic rings. The highest BCUT2D eigenvalue weighted by Gasteiger charge is 2.14. The fourth-order valence-electron chi connectivity index (χ4n) is 2.89. The SMILES string of the molecule is COc1ccc(-c2nn(Cc3ccccc3)cc2/C=N\NC(=O)C(=O)NC(C)C)cc1. The number of rotatable bonds is 7. The first-order chi connectivity index (χ1) is 15.0. The lowest BCUT2D eigenvalue weighted by molar-refractivity contribution is -0.139. The van der Waals surface area contributed by atoms with Crippen molar-refractivity contribution < 1.29 is 14.3 Å². The maximum absolute atomic E-state index is 11.9. The number of hydrogen-bond donors (Lipinski definition) is 2. The van der Waals surface area contributed by atoms with E-state index in [0.717, 1.165) is 16.9 Å². The summed E-state index contributed by atoms with van der Waals surface area (Å²) >= 11 is 0. The van der Waals surface area contributed by atoms with Crippen molar-refractivity contribution in [3.05, 3.63) is 71.9 Å². The van der Waals surface area contributed by atoms with Crippen molar-refractivity contribution >= 4 is 18.0 Å². The summed E-state index contributed by atoms with van der Waals surface area (Å²) in [6, 6.07) is 17.3. The van der Waals surface area contributed by atoms with Gasteiger partial charge in [-0.3, -0.25) is 14.3 Å². The lowest BCUT2D eigenvalue weighted by Gasteiger charge is -2.06. The van der Waals surface area contributed by atoms with Gasteiger partial charge in [-0.2, -0.15) is 10.2 Å². The highest BCUT2D eigenvalue weighted by atomic mass is 16.5. The second-order valence-corrected chi connectivity index (χ2v) is 7.17. The zero-order valence-electron chi connectivity index (χ0n) is 17.7. The molecule has 0 spiro atoms. The van der Waals surface area contributed by atoms with E-state index in [-0.39, 0.29) is 6.04 Å². The van der Waals surface area contributed by atoms with Crippen LogP contribution in [0.2, 0.25) is 0 Å². The van der Waals surface area contributed by atoms with Crippen LogP contribution >= 0.6 is 0 Å². The molecule has 3 rings (SSSR count). The molecule has 2 N–H and O–H groups in total. The van der Waals surface area contributed by atoms with Gasteiger partial charge in [0.05, 0.1) is 19.9 Å². The Balaban J connectivity index is 1.84. The van der Waals surface area contributed by atoms with Crippen LogP contribution in [0.15, 0.2) is 65.9 Å². The molecule has 0 unspecified atom stereocenters. The van der Waals surface area contributed by atoms with Crippen molar-refractivity contribution in [1.82, 2.24) is 20.5 Å². The van der Waals surface area contributed by atoms with Gasteiger partial charge in [0.1, 0.15) is 11.4 Å². The molecule has 1 aromatic heterocycles. The summed E-state index contributed by atoms with van der Waals surface area (Å²) in [5, 5.41) is 11.2. The Kier molecular flexibility index (Phi) is 7.16. The molecule has 3 aromatic rings. The lowest BCUT2D eigenvalue weighted by Crippen LogP contribution is -2.41. The van der Waals surface area contributed by atoms with E-state index in [2.05, 4.69) is 15.8 Å². The second-order valence-electron chi connectivity index (χ2n) is 7.17. The van der Waals surface area contributed by atoms with Gasteiger partial charge in [0.25, 0.3) is 0 Å². The maximum atomic E-state index is 11.9. The molecule has 8 nitrogen and oxygen atoms in total. The fraction of sp³-hybridized carbons (Fsp3) is 0.217. The highest BCUT2D eigenvalue weighted by molar-refractivity contribution is 6.35. The Morgan fingerprint density at radius 2 is 1.81 bits per heavy atom. The number of aromatic nitrogens is 2. The topological polar surface area (TPSA) is 97.6 Å².